The first-order valence-electron chi connectivity index (χ1n) is 9.05. The molecule has 1 aliphatic rings. The summed E-state index contributed by atoms with van der Waals surface area (Å²) in [6.45, 7) is 7.39. The average molecular weight is 345 g/mol. The van der Waals surface area contributed by atoms with E-state index in [0.717, 1.165) is 24.5 Å². The number of para-hydroxylation sites is 2. The topological polar surface area (TPSA) is 53.9 Å². The van der Waals surface area contributed by atoms with Gasteiger partial charge < -0.3 is 10.2 Å². The average Bonchev–Trinajstić information content (AvgIpc) is 3.07. The van der Waals surface area contributed by atoms with Gasteiger partial charge in [-0.25, -0.2) is 0 Å². The number of hydrogen-bond donors (Lipinski definition) is 1. The van der Waals surface area contributed by atoms with Crippen molar-refractivity contribution >= 4 is 23.1 Å². The van der Waals surface area contributed by atoms with E-state index >= 15 is 0 Å². The molecule has 0 radical (unpaired) electrons. The minimum absolute atomic E-state index is 0.428. The van der Waals surface area contributed by atoms with E-state index < -0.39 is 0 Å². The van der Waals surface area contributed by atoms with Gasteiger partial charge in [0.25, 0.3) is 5.95 Å². The molecule has 0 fully saturated rings. The molecular weight excluding hydrogens is 322 g/mol. The molecule has 0 atom stereocenters. The predicted molar refractivity (Wildman–Crippen MR) is 106 cm³/mol. The van der Waals surface area contributed by atoms with E-state index in [2.05, 4.69) is 83.6 Å². The molecule has 4 rings (SSSR count). The van der Waals surface area contributed by atoms with Crippen molar-refractivity contribution in [2.45, 2.75) is 33.1 Å². The second-order valence-electron chi connectivity index (χ2n) is 6.99. The van der Waals surface area contributed by atoms with Crippen LogP contribution in [-0.2, 0) is 6.42 Å². The molecule has 2 heterocycles. The van der Waals surface area contributed by atoms with Gasteiger partial charge in [-0.1, -0.05) is 50.2 Å². The van der Waals surface area contributed by atoms with E-state index in [1.165, 1.54) is 22.4 Å². The summed E-state index contributed by atoms with van der Waals surface area (Å²) in [7, 11) is 0. The van der Waals surface area contributed by atoms with E-state index in [0.29, 0.717) is 11.9 Å². The van der Waals surface area contributed by atoms with Gasteiger partial charge in [-0.2, -0.15) is 10.1 Å². The van der Waals surface area contributed by atoms with Crippen LogP contribution in [0.4, 0.5) is 23.1 Å². The van der Waals surface area contributed by atoms with Gasteiger partial charge in [-0.05, 0) is 42.0 Å². The molecule has 0 spiro atoms. The Balaban J connectivity index is 1.66. The van der Waals surface area contributed by atoms with Gasteiger partial charge >= 0.3 is 0 Å². The highest BCUT2D eigenvalue weighted by atomic mass is 15.3. The second kappa shape index (κ2) is 6.75. The van der Waals surface area contributed by atoms with Crippen LogP contribution < -0.4 is 10.2 Å². The highest BCUT2D eigenvalue weighted by Gasteiger charge is 2.22. The van der Waals surface area contributed by atoms with E-state index in [-0.39, 0.29) is 0 Å². The molecule has 0 bridgehead atoms. The Kier molecular flexibility index (Phi) is 4.29. The lowest BCUT2D eigenvalue weighted by Crippen LogP contribution is -2.17. The number of anilines is 4. The van der Waals surface area contributed by atoms with Crippen LogP contribution in [0.25, 0.3) is 0 Å². The Hall–Kier alpha value is -2.95. The Labute approximate surface area is 154 Å². The van der Waals surface area contributed by atoms with Crippen molar-refractivity contribution in [2.75, 3.05) is 16.8 Å². The van der Waals surface area contributed by atoms with Crippen LogP contribution in [0.2, 0.25) is 0 Å². The van der Waals surface area contributed by atoms with Crippen molar-refractivity contribution in [3.8, 4) is 0 Å². The third-order valence-corrected chi connectivity index (χ3v) is 4.86. The summed E-state index contributed by atoms with van der Waals surface area (Å²) in [5, 5.41) is 11.9. The van der Waals surface area contributed by atoms with Crippen LogP contribution in [0, 0.1) is 6.92 Å². The molecule has 26 heavy (non-hydrogen) atoms. The lowest BCUT2D eigenvalue weighted by atomic mass is 9.98. The maximum Gasteiger partial charge on any atom is 0.251 e. The third kappa shape index (κ3) is 3.01. The lowest BCUT2D eigenvalue weighted by molar-refractivity contribution is 0.864. The fourth-order valence-electron chi connectivity index (χ4n) is 3.49. The van der Waals surface area contributed by atoms with Gasteiger partial charge in [-0.3, -0.25) is 0 Å². The van der Waals surface area contributed by atoms with E-state index in [4.69, 9.17) is 4.98 Å². The molecular formula is C21H23N5. The normalized spacial score (nSPS) is 13.2. The molecule has 0 aliphatic carbocycles. The van der Waals surface area contributed by atoms with E-state index in [1.54, 1.807) is 6.20 Å². The number of hydrogen-bond acceptors (Lipinski definition) is 5. The zero-order valence-corrected chi connectivity index (χ0v) is 15.4. The highest BCUT2D eigenvalue weighted by molar-refractivity contribution is 5.68. The molecule has 1 aliphatic heterocycles. The number of nitrogens with one attached hydrogen (secondary N) is 1. The van der Waals surface area contributed by atoms with Crippen molar-refractivity contribution in [3.63, 3.8) is 0 Å². The van der Waals surface area contributed by atoms with E-state index in [9.17, 15) is 0 Å². The molecule has 5 heteroatoms. The maximum absolute atomic E-state index is 4.73. The van der Waals surface area contributed by atoms with Gasteiger partial charge in [0, 0.05) is 17.9 Å². The standard InChI is InChI=1S/C21H23N5/c1-14(2)17-9-6-7-15(3)20(17)23-19-13-22-25-21(24-19)26-12-11-16-8-4-5-10-18(16)26/h4-10,13-14H,11-12H2,1-3H3,(H,23,24,25). The van der Waals surface area contributed by atoms with Crippen molar-refractivity contribution < 1.29 is 0 Å². The first kappa shape index (κ1) is 16.5. The largest absolute Gasteiger partial charge is 0.338 e. The zero-order valence-electron chi connectivity index (χ0n) is 15.4. The van der Waals surface area contributed by atoms with Crippen molar-refractivity contribution in [1.29, 1.82) is 0 Å². The van der Waals surface area contributed by atoms with Crippen LogP contribution in [0.3, 0.4) is 0 Å². The lowest BCUT2D eigenvalue weighted by Gasteiger charge is -2.19. The van der Waals surface area contributed by atoms with Gasteiger partial charge in [0.1, 0.15) is 0 Å². The highest BCUT2D eigenvalue weighted by Crippen LogP contribution is 2.33. The number of aromatic nitrogens is 3. The fraction of sp³-hybridized carbons (Fsp3) is 0.286. The predicted octanol–water partition coefficient (Wildman–Crippen LogP) is 4.74. The van der Waals surface area contributed by atoms with Crippen molar-refractivity contribution in [1.82, 2.24) is 15.2 Å². The summed E-state index contributed by atoms with van der Waals surface area (Å²) in [6.07, 6.45) is 2.69. The summed E-state index contributed by atoms with van der Waals surface area (Å²) in [6, 6.07) is 14.8. The second-order valence-corrected chi connectivity index (χ2v) is 6.99. The Morgan fingerprint density at radius 3 is 2.77 bits per heavy atom. The third-order valence-electron chi connectivity index (χ3n) is 4.86. The Morgan fingerprint density at radius 1 is 1.08 bits per heavy atom. The number of nitrogens with zero attached hydrogens (tertiary/aromatic N) is 4. The first-order chi connectivity index (χ1) is 12.6. The molecule has 0 saturated carbocycles. The monoisotopic (exact) mass is 345 g/mol. The SMILES string of the molecule is Cc1cccc(C(C)C)c1Nc1cnnc(N2CCc3ccccc32)n1. The Morgan fingerprint density at radius 2 is 1.92 bits per heavy atom. The zero-order chi connectivity index (χ0) is 18.1. The van der Waals surface area contributed by atoms with Crippen LogP contribution in [-0.4, -0.2) is 21.7 Å². The minimum atomic E-state index is 0.428. The number of fused-ring (bicyclic) bond motifs is 1. The van der Waals surface area contributed by atoms with Gasteiger partial charge in [0.05, 0.1) is 6.20 Å². The molecule has 1 N–H and O–H groups in total. The molecule has 5 nitrogen and oxygen atoms in total. The van der Waals surface area contributed by atoms with Crippen molar-refractivity contribution in [2.24, 2.45) is 0 Å². The summed E-state index contributed by atoms with van der Waals surface area (Å²) in [5.41, 5.74) is 6.08. The van der Waals surface area contributed by atoms with Gasteiger partial charge in [0.2, 0.25) is 0 Å². The minimum Gasteiger partial charge on any atom is -0.338 e. The van der Waals surface area contributed by atoms with Crippen LogP contribution in [0.5, 0.6) is 0 Å². The van der Waals surface area contributed by atoms with Gasteiger partial charge in [0.15, 0.2) is 5.82 Å². The number of rotatable bonds is 4. The van der Waals surface area contributed by atoms with Crippen LogP contribution in [0.1, 0.15) is 36.5 Å². The summed E-state index contributed by atoms with van der Waals surface area (Å²) in [5.74, 6) is 1.78. The van der Waals surface area contributed by atoms with Crippen molar-refractivity contribution in [3.05, 3.63) is 65.4 Å². The summed E-state index contributed by atoms with van der Waals surface area (Å²) < 4.78 is 0. The molecule has 132 valence electrons. The molecule has 0 unspecified atom stereocenters. The first-order valence-corrected chi connectivity index (χ1v) is 9.05. The molecule has 0 amide bonds. The number of aryl methyl sites for hydroxylation is 1. The van der Waals surface area contributed by atoms with E-state index in [1.807, 2.05) is 0 Å². The molecule has 2 aromatic carbocycles. The van der Waals surface area contributed by atoms with Crippen LogP contribution in [0.15, 0.2) is 48.7 Å². The van der Waals surface area contributed by atoms with Crippen LogP contribution >= 0.6 is 0 Å². The fourth-order valence-corrected chi connectivity index (χ4v) is 3.49. The Bertz CT molecular complexity index is 935. The summed E-state index contributed by atoms with van der Waals surface area (Å²) >= 11 is 0. The quantitative estimate of drug-likeness (QED) is 0.740. The smallest absolute Gasteiger partial charge is 0.251 e. The number of benzene rings is 2. The maximum atomic E-state index is 4.73. The molecule has 1 aromatic heterocycles. The molecule has 0 saturated heterocycles. The van der Waals surface area contributed by atoms with Gasteiger partial charge in [-0.15, -0.1) is 5.10 Å². The molecule has 3 aromatic rings. The summed E-state index contributed by atoms with van der Waals surface area (Å²) in [4.78, 5) is 6.87.